The predicted octanol–water partition coefficient (Wildman–Crippen LogP) is 8.58. The number of piperazine rings is 3. The topological polar surface area (TPSA) is 249 Å². The van der Waals surface area contributed by atoms with E-state index in [4.69, 9.17) is 28.4 Å². The second kappa shape index (κ2) is 18.6. The molecule has 16 aliphatic rings. The molecule has 21 nitrogen and oxygen atoms in total. The van der Waals surface area contributed by atoms with Crippen molar-refractivity contribution in [1.82, 2.24) is 29.4 Å². The Balaban J connectivity index is 0.000000113. The average Bonchev–Trinajstić information content (AvgIpc) is 1.61. The van der Waals surface area contributed by atoms with Gasteiger partial charge in [0.25, 0.3) is 35.4 Å². The number of ether oxygens (including phenoxy) is 6. The molecule has 0 aromatic heterocycles. The number of benzene rings is 3. The first kappa shape index (κ1) is 56.4. The van der Waals surface area contributed by atoms with Crippen LogP contribution >= 0.6 is 64.8 Å². The van der Waals surface area contributed by atoms with Crippen LogP contribution < -0.4 is 28.4 Å². The quantitative estimate of drug-likeness (QED) is 0.165. The number of hydrogen-bond acceptors (Lipinski definition) is 21. The predicted molar refractivity (Wildman–Crippen MR) is 315 cm³/mol. The maximum absolute atomic E-state index is 13.8. The number of carbonyl (C=O) groups is 6. The van der Waals surface area contributed by atoms with Crippen LogP contribution in [0.2, 0.25) is 0 Å². The monoisotopic (exact) mass is 1260 g/mol. The number of carbonyl (C=O) groups excluding carboxylic acids is 6. The van der Waals surface area contributed by atoms with Crippen molar-refractivity contribution >= 4 is 100 Å². The zero-order valence-corrected chi connectivity index (χ0v) is 51.9. The Kier molecular flexibility index (Phi) is 12.3. The minimum absolute atomic E-state index is 0.0180. The Morgan fingerprint density at radius 2 is 0.835 bits per heavy atom. The van der Waals surface area contributed by atoms with Crippen LogP contribution in [0, 0.1) is 50.2 Å². The highest BCUT2D eigenvalue weighted by Gasteiger charge is 2.79. The lowest BCUT2D eigenvalue weighted by molar-refractivity contribution is -0.166. The van der Waals surface area contributed by atoms with Crippen molar-refractivity contribution in [2.75, 3.05) is 34.0 Å². The molecule has 3 spiro atoms. The Bertz CT molecular complexity index is 3730. The maximum atomic E-state index is 13.8. The van der Waals surface area contributed by atoms with E-state index in [0.29, 0.717) is 47.5 Å². The summed E-state index contributed by atoms with van der Waals surface area (Å²) in [6, 6.07) is 22.3. The van der Waals surface area contributed by atoms with E-state index >= 15 is 0 Å². The van der Waals surface area contributed by atoms with Gasteiger partial charge in [0.2, 0.25) is 20.4 Å². The SMILES string of the molecule is C=CCN1C(=O)[C@@]23C[C@](C)(C#N)[C@H](c4ccc5c(c4)OCO5)N2C(=O)[C@@]1(C)SS3.CN1C(=O)[C@]23C[C@@](C)(C#N)[C@@H](c4ccc5c(c4)OCO5)N2C(=O)[C@@]1(C)SS3.C[C@]1(C#N)C[C@@]23SS[C@](C)(C(=O)N2[C@H]1c1ccc2c(c1)OCO2)N(C1CC1)C3=O. The van der Waals surface area contributed by atoms with Crippen LogP contribution in [-0.4, -0.2) is 134 Å². The van der Waals surface area contributed by atoms with E-state index in [0.717, 1.165) is 29.5 Å². The Labute approximate surface area is 513 Å². The molecule has 19 rings (SSSR count). The maximum Gasteiger partial charge on any atom is 0.261 e. The molecular formula is C58H55N9O12S6. The molecule has 13 fully saturated rings. The molecule has 85 heavy (non-hydrogen) atoms. The summed E-state index contributed by atoms with van der Waals surface area (Å²) < 4.78 is 32.7. The van der Waals surface area contributed by atoms with E-state index in [-0.39, 0.29) is 74.7 Å². The molecule has 0 N–H and O–H groups in total. The fourth-order valence-electron chi connectivity index (χ4n) is 14.5. The van der Waals surface area contributed by atoms with Gasteiger partial charge in [-0.15, -0.1) is 6.58 Å². The molecule has 1 saturated carbocycles. The number of hydrogen-bond donors (Lipinski definition) is 0. The van der Waals surface area contributed by atoms with Gasteiger partial charge in [-0.25, -0.2) is 0 Å². The summed E-state index contributed by atoms with van der Waals surface area (Å²) in [7, 11) is 10.2. The van der Waals surface area contributed by atoms with Crippen LogP contribution in [0.5, 0.6) is 34.5 Å². The van der Waals surface area contributed by atoms with Crippen LogP contribution in [0.1, 0.15) is 108 Å². The van der Waals surface area contributed by atoms with E-state index in [1.54, 1.807) is 58.7 Å². The fraction of sp³-hybridized carbons (Fsp3) is 0.500. The van der Waals surface area contributed by atoms with Crippen LogP contribution in [0.4, 0.5) is 0 Å². The summed E-state index contributed by atoms with van der Waals surface area (Å²) in [4.78, 5) is 85.5. The van der Waals surface area contributed by atoms with Crippen molar-refractivity contribution in [3.8, 4) is 52.7 Å². The normalized spacial score (nSPS) is 38.5. The zero-order chi connectivity index (χ0) is 60.0. The lowest BCUT2D eigenvalue weighted by Crippen LogP contribution is -2.75. The third-order valence-corrected chi connectivity index (χ3v) is 29.9. The second-order valence-electron chi connectivity index (χ2n) is 24.5. The van der Waals surface area contributed by atoms with Crippen LogP contribution in [0.25, 0.3) is 0 Å². The largest absolute Gasteiger partial charge is 0.454 e. The van der Waals surface area contributed by atoms with Crippen LogP contribution in [0.15, 0.2) is 67.3 Å². The first-order valence-electron chi connectivity index (χ1n) is 27.5. The minimum Gasteiger partial charge on any atom is -0.454 e. The molecule has 440 valence electrons. The van der Waals surface area contributed by atoms with Gasteiger partial charge >= 0.3 is 0 Å². The molecule has 15 heterocycles. The van der Waals surface area contributed by atoms with Gasteiger partial charge in [0, 0.05) is 38.9 Å². The molecule has 27 heteroatoms. The van der Waals surface area contributed by atoms with E-state index < -0.39 is 63.6 Å². The van der Waals surface area contributed by atoms with Gasteiger partial charge in [0.1, 0.15) is 0 Å². The number of fused-ring (bicyclic) bond motifs is 9. The average molecular weight is 1260 g/mol. The number of likely N-dealkylation sites (N-methyl/N-ethyl adjacent to an activating group) is 1. The summed E-state index contributed by atoms with van der Waals surface area (Å²) in [5, 5.41) is 30.3. The number of rotatable bonds is 6. The first-order valence-corrected chi connectivity index (χ1v) is 34.0. The summed E-state index contributed by atoms with van der Waals surface area (Å²) in [5.41, 5.74) is -0.363. The smallest absolute Gasteiger partial charge is 0.261 e. The first-order chi connectivity index (χ1) is 40.4. The Morgan fingerprint density at radius 1 is 0.482 bits per heavy atom. The Morgan fingerprint density at radius 3 is 1.24 bits per heavy atom. The molecule has 1 aliphatic carbocycles. The highest BCUT2D eigenvalue weighted by atomic mass is 33.1. The summed E-state index contributed by atoms with van der Waals surface area (Å²) >= 11 is 0. The fourth-order valence-corrected chi connectivity index (χ4v) is 25.2. The van der Waals surface area contributed by atoms with Crippen molar-refractivity contribution in [2.45, 2.75) is 127 Å². The third kappa shape index (κ3) is 7.29. The van der Waals surface area contributed by atoms with Crippen molar-refractivity contribution in [2.24, 2.45) is 16.2 Å². The molecule has 3 aromatic carbocycles. The van der Waals surface area contributed by atoms with Gasteiger partial charge < -0.3 is 57.8 Å². The van der Waals surface area contributed by atoms with E-state index in [1.807, 2.05) is 75.1 Å². The van der Waals surface area contributed by atoms with Gasteiger partial charge in [0.15, 0.2) is 63.7 Å². The van der Waals surface area contributed by atoms with Gasteiger partial charge in [-0.1, -0.05) is 89.0 Å². The zero-order valence-electron chi connectivity index (χ0n) is 47.0. The lowest BCUT2D eigenvalue weighted by atomic mass is 9.79. The van der Waals surface area contributed by atoms with Gasteiger partial charge in [-0.2, -0.15) is 15.8 Å². The number of nitriles is 3. The molecule has 3 aromatic rings. The van der Waals surface area contributed by atoms with Crippen molar-refractivity contribution in [1.29, 1.82) is 15.8 Å². The number of amides is 6. The van der Waals surface area contributed by atoms with E-state index in [2.05, 4.69) is 24.8 Å². The van der Waals surface area contributed by atoms with Crippen LogP contribution in [0.3, 0.4) is 0 Å². The van der Waals surface area contributed by atoms with E-state index in [1.165, 1.54) is 69.7 Å². The lowest BCUT2D eigenvalue weighted by Gasteiger charge is -2.58. The highest BCUT2D eigenvalue weighted by molar-refractivity contribution is 8.79. The van der Waals surface area contributed by atoms with Crippen molar-refractivity contribution in [3.63, 3.8) is 0 Å². The number of nitrogens with zero attached hydrogens (tertiary/aromatic N) is 9. The molecule has 12 atom stereocenters. The van der Waals surface area contributed by atoms with Gasteiger partial charge in [-0.3, -0.25) is 28.8 Å². The van der Waals surface area contributed by atoms with Crippen LogP contribution in [-0.2, 0) is 28.8 Å². The summed E-state index contributed by atoms with van der Waals surface area (Å²) in [5.74, 6) is 3.11. The van der Waals surface area contributed by atoms with Crippen molar-refractivity contribution in [3.05, 3.63) is 83.9 Å². The molecule has 15 aliphatic heterocycles. The standard InChI is InChI=1S/2C20H19N3O4S2.C18H17N3O4S2/c1-18(9-21)8-20-17(25)22(12-4-5-12)19(2,28-29-20)16(24)23(20)15(18)11-3-6-13-14(7-11)27-10-26-13;1-4-7-22-17(25)20-9-18(2,10-21)15(23(20)16(24)19(22,3)28-29-20)12-5-6-13-14(8-12)27-11-26-13;1-16(8-19)7-18-15(23)20(3)17(2,26-27-18)14(22)21(18)13(16)10-4-5-11-12(6-10)25-9-24-11/h3,6-7,12,15H,4-5,8,10H2,1-2H3;4-6,8,15H,1,7,9,11H2,2-3H3;4-6,13H,7,9H2,1-3H3/t2*15-,18+,19+,20-;13-,16+,17-,18-/m001/s1. The third-order valence-electron chi connectivity index (χ3n) is 19.0. The molecule has 6 bridgehead atoms. The molecule has 0 radical (unpaired) electrons. The highest BCUT2D eigenvalue weighted by Crippen LogP contribution is 2.73. The van der Waals surface area contributed by atoms with Crippen molar-refractivity contribution < 1.29 is 57.2 Å². The molecule has 6 amide bonds. The summed E-state index contributed by atoms with van der Waals surface area (Å²) in [6.07, 6.45) is 4.39. The van der Waals surface area contributed by atoms with E-state index in [9.17, 15) is 44.6 Å². The molecular weight excluding hydrogens is 1210 g/mol. The van der Waals surface area contributed by atoms with Gasteiger partial charge in [-0.05, 0) is 107 Å². The minimum atomic E-state index is -1.10. The summed E-state index contributed by atoms with van der Waals surface area (Å²) in [6.45, 7) is 15.4. The molecule has 0 unspecified atom stereocenters. The Hall–Kier alpha value is -6.41. The van der Waals surface area contributed by atoms with Gasteiger partial charge in [0.05, 0.1) is 52.6 Å². The molecule has 12 saturated heterocycles. The second-order valence-corrected chi connectivity index (χ2v) is 32.9.